The van der Waals surface area contributed by atoms with Gasteiger partial charge < -0.3 is 15.0 Å². The predicted octanol–water partition coefficient (Wildman–Crippen LogP) is 4.50. The van der Waals surface area contributed by atoms with Crippen LogP contribution in [0.3, 0.4) is 0 Å². The van der Waals surface area contributed by atoms with E-state index in [1.54, 1.807) is 0 Å². The van der Waals surface area contributed by atoms with Crippen LogP contribution in [-0.4, -0.2) is 77.8 Å². The van der Waals surface area contributed by atoms with E-state index >= 15 is 0 Å². The minimum atomic E-state index is -0.164. The van der Waals surface area contributed by atoms with Crippen LogP contribution in [0.5, 0.6) is 0 Å². The Hall–Kier alpha value is -1.34. The molecule has 3 saturated carbocycles. The number of esters is 1. The van der Waals surface area contributed by atoms with Crippen molar-refractivity contribution in [2.45, 2.75) is 120 Å². The van der Waals surface area contributed by atoms with E-state index in [0.29, 0.717) is 48.7 Å². The van der Waals surface area contributed by atoms with Crippen molar-refractivity contribution in [3.63, 3.8) is 0 Å². The molecular weight excluding hydrogens is 502 g/mol. The van der Waals surface area contributed by atoms with E-state index in [1.807, 2.05) is 0 Å². The number of nitrogens with one attached hydrogen (secondary N) is 1. The largest absolute Gasteiger partial charge is 0.469 e. The summed E-state index contributed by atoms with van der Waals surface area (Å²) in [6.45, 7) is 2.39. The second-order valence-corrected chi connectivity index (χ2v) is 13.5. The van der Waals surface area contributed by atoms with E-state index in [0.717, 1.165) is 57.9 Å². The molecule has 0 radical (unpaired) electrons. The number of carbonyl (C=O) groups excluding carboxylic acids is 3. The van der Waals surface area contributed by atoms with E-state index in [9.17, 15) is 14.4 Å². The maximum Gasteiger partial charge on any atom is 0.308 e. The molecule has 214 valence electrons. The Balaban J connectivity index is 1.14. The Morgan fingerprint density at radius 3 is 2.32 bits per heavy atom. The molecule has 5 atom stereocenters. The Kier molecular flexibility index (Phi) is 9.56. The third-order valence-corrected chi connectivity index (χ3v) is 10.9. The molecule has 7 nitrogen and oxygen atoms in total. The van der Waals surface area contributed by atoms with Gasteiger partial charge in [-0.3, -0.25) is 19.3 Å². The lowest BCUT2D eigenvalue weighted by Gasteiger charge is -2.39. The first-order valence-corrected chi connectivity index (χ1v) is 15.9. The van der Waals surface area contributed by atoms with Gasteiger partial charge in [-0.15, -0.1) is 11.6 Å². The van der Waals surface area contributed by atoms with Gasteiger partial charge in [0.15, 0.2) is 0 Å². The molecule has 0 aromatic heterocycles. The number of rotatable bonds is 6. The lowest BCUT2D eigenvalue weighted by molar-refractivity contribution is -0.147. The van der Waals surface area contributed by atoms with E-state index in [1.165, 1.54) is 45.6 Å². The molecule has 5 unspecified atom stereocenters. The average molecular weight is 550 g/mol. The third kappa shape index (κ3) is 6.51. The van der Waals surface area contributed by atoms with Gasteiger partial charge in [-0.25, -0.2) is 0 Å². The van der Waals surface area contributed by atoms with Crippen molar-refractivity contribution in [3.8, 4) is 0 Å². The summed E-state index contributed by atoms with van der Waals surface area (Å²) in [5, 5.41) is 3.55. The van der Waals surface area contributed by atoms with Gasteiger partial charge in [0.05, 0.1) is 19.1 Å². The second-order valence-electron chi connectivity index (χ2n) is 12.9. The molecule has 2 aliphatic heterocycles. The molecule has 2 saturated heterocycles. The molecule has 0 aromatic carbocycles. The van der Waals surface area contributed by atoms with E-state index < -0.39 is 0 Å². The molecule has 8 heteroatoms. The minimum absolute atomic E-state index is 0.0136. The summed E-state index contributed by atoms with van der Waals surface area (Å²) in [7, 11) is 1.43. The molecule has 5 fully saturated rings. The van der Waals surface area contributed by atoms with Gasteiger partial charge in [-0.1, -0.05) is 19.3 Å². The standard InChI is InChI=1S/C30H48ClN3O4/c1-38-30(37)23-6-4-7-25(17-23)32-28(35)21-13-15-33(16-14-21)29(36)27-18-22-5-2-3-8-26(22)34(27)19-20-9-11-24(31)12-10-20/h20-27H,2-19H2,1H3,(H,32,35). The smallest absolute Gasteiger partial charge is 0.308 e. The molecule has 3 aliphatic carbocycles. The number of halogens is 1. The van der Waals surface area contributed by atoms with Crippen molar-refractivity contribution >= 4 is 29.4 Å². The maximum absolute atomic E-state index is 13.9. The van der Waals surface area contributed by atoms with Gasteiger partial charge in [0.1, 0.15) is 0 Å². The van der Waals surface area contributed by atoms with E-state index in [2.05, 4.69) is 15.1 Å². The first-order valence-electron chi connectivity index (χ1n) is 15.5. The first-order chi connectivity index (χ1) is 18.4. The number of nitrogens with zero attached hydrogens (tertiary/aromatic N) is 2. The SMILES string of the molecule is COC(=O)C1CCCC(NC(=O)C2CCN(C(=O)C3CC4CCCCC4N3CC3CCC(Cl)CC3)CC2)C1. The molecule has 0 bridgehead atoms. The van der Waals surface area contributed by atoms with Crippen molar-refractivity contribution < 1.29 is 19.1 Å². The van der Waals surface area contributed by atoms with Crippen LogP contribution in [-0.2, 0) is 19.1 Å². The average Bonchev–Trinajstić information content (AvgIpc) is 3.31. The fourth-order valence-corrected chi connectivity index (χ4v) is 8.51. The van der Waals surface area contributed by atoms with Crippen molar-refractivity contribution in [3.05, 3.63) is 0 Å². The summed E-state index contributed by atoms with van der Waals surface area (Å²) >= 11 is 6.38. The molecule has 1 N–H and O–H groups in total. The van der Waals surface area contributed by atoms with Crippen LogP contribution in [0.25, 0.3) is 0 Å². The maximum atomic E-state index is 13.9. The zero-order valence-corrected chi connectivity index (χ0v) is 24.0. The Morgan fingerprint density at radius 2 is 1.58 bits per heavy atom. The van der Waals surface area contributed by atoms with Crippen molar-refractivity contribution in [2.24, 2.45) is 23.7 Å². The van der Waals surface area contributed by atoms with Gasteiger partial charge >= 0.3 is 5.97 Å². The molecule has 0 aromatic rings. The van der Waals surface area contributed by atoms with Crippen LogP contribution in [0, 0.1) is 23.7 Å². The van der Waals surface area contributed by atoms with Crippen LogP contribution < -0.4 is 5.32 Å². The van der Waals surface area contributed by atoms with E-state index in [-0.39, 0.29) is 35.8 Å². The summed E-state index contributed by atoms with van der Waals surface area (Å²) in [4.78, 5) is 43.6. The van der Waals surface area contributed by atoms with Gasteiger partial charge in [-0.05, 0) is 88.9 Å². The van der Waals surface area contributed by atoms with Crippen molar-refractivity contribution in [2.75, 3.05) is 26.7 Å². The molecule has 5 rings (SSSR count). The number of hydrogen-bond acceptors (Lipinski definition) is 5. The number of ether oxygens (including phenoxy) is 1. The Morgan fingerprint density at radius 1 is 0.842 bits per heavy atom. The second kappa shape index (κ2) is 12.9. The zero-order valence-electron chi connectivity index (χ0n) is 23.3. The van der Waals surface area contributed by atoms with Crippen LogP contribution in [0.1, 0.15) is 96.3 Å². The number of fused-ring (bicyclic) bond motifs is 1. The molecule has 2 heterocycles. The van der Waals surface area contributed by atoms with Crippen LogP contribution >= 0.6 is 11.6 Å². The summed E-state index contributed by atoms with van der Waals surface area (Å²) in [5.74, 6) is 1.40. The first kappa shape index (κ1) is 28.2. The molecule has 2 amide bonds. The van der Waals surface area contributed by atoms with Crippen LogP contribution in [0.15, 0.2) is 0 Å². The minimum Gasteiger partial charge on any atom is -0.469 e. The zero-order chi connectivity index (χ0) is 26.6. The molecule has 38 heavy (non-hydrogen) atoms. The summed E-state index contributed by atoms with van der Waals surface area (Å²) < 4.78 is 4.92. The van der Waals surface area contributed by atoms with Gasteiger partial charge in [0.2, 0.25) is 11.8 Å². The highest BCUT2D eigenvalue weighted by Crippen LogP contribution is 2.42. The lowest BCUT2D eigenvalue weighted by Crippen LogP contribution is -2.52. The fraction of sp³-hybridized carbons (Fsp3) is 0.900. The Labute approximate surface area is 233 Å². The number of alkyl halides is 1. The highest BCUT2D eigenvalue weighted by atomic mass is 35.5. The summed E-state index contributed by atoms with van der Waals surface area (Å²) in [5.41, 5.74) is 0. The monoisotopic (exact) mass is 549 g/mol. The van der Waals surface area contributed by atoms with Gasteiger partial charge in [-0.2, -0.15) is 0 Å². The number of methoxy groups -OCH3 is 1. The Bertz CT molecular complexity index is 839. The van der Waals surface area contributed by atoms with Crippen molar-refractivity contribution in [1.29, 1.82) is 0 Å². The third-order valence-electron chi connectivity index (χ3n) is 10.5. The number of piperidine rings is 1. The fourth-order valence-electron chi connectivity index (χ4n) is 8.25. The normalized spacial score (nSPS) is 36.9. The number of amides is 2. The highest BCUT2D eigenvalue weighted by molar-refractivity contribution is 6.20. The van der Waals surface area contributed by atoms with Crippen molar-refractivity contribution in [1.82, 2.24) is 15.1 Å². The topological polar surface area (TPSA) is 79.0 Å². The lowest BCUT2D eigenvalue weighted by atomic mass is 9.84. The molecule has 0 spiro atoms. The van der Waals surface area contributed by atoms with E-state index in [4.69, 9.17) is 16.3 Å². The summed E-state index contributed by atoms with van der Waals surface area (Å²) in [6.07, 6.45) is 15.5. The van der Waals surface area contributed by atoms with Crippen LogP contribution in [0.4, 0.5) is 0 Å². The summed E-state index contributed by atoms with van der Waals surface area (Å²) in [6, 6.07) is 0.628. The number of hydrogen-bond donors (Lipinski definition) is 1. The molecule has 5 aliphatic rings. The quantitative estimate of drug-likeness (QED) is 0.390. The highest BCUT2D eigenvalue weighted by Gasteiger charge is 2.47. The number of carbonyl (C=O) groups is 3. The van der Waals surface area contributed by atoms with Gasteiger partial charge in [0.25, 0.3) is 0 Å². The molecular formula is C30H48ClN3O4. The number of likely N-dealkylation sites (tertiary alicyclic amines) is 2. The van der Waals surface area contributed by atoms with Gasteiger partial charge in [0, 0.05) is 43.0 Å². The van der Waals surface area contributed by atoms with Crippen LogP contribution in [0.2, 0.25) is 0 Å². The predicted molar refractivity (Wildman–Crippen MR) is 148 cm³/mol.